The molecule has 0 fully saturated rings. The smallest absolute Gasteiger partial charge is 0.434 e. The van der Waals surface area contributed by atoms with Crippen molar-refractivity contribution in [2.45, 2.75) is 20.8 Å². The molecule has 0 amide bonds. The molecule has 0 unspecified atom stereocenters. The van der Waals surface area contributed by atoms with E-state index < -0.39 is 6.16 Å². The lowest BCUT2D eigenvalue weighted by molar-refractivity contribution is 0.104. The van der Waals surface area contributed by atoms with E-state index in [1.165, 1.54) is 0 Å². The number of benzene rings is 1. The summed E-state index contributed by atoms with van der Waals surface area (Å²) in [5.74, 6) is 0.434. The normalized spacial score (nSPS) is 9.64. The van der Waals surface area contributed by atoms with Crippen molar-refractivity contribution in [3.05, 3.63) is 29.3 Å². The van der Waals surface area contributed by atoms with Crippen LogP contribution in [0.1, 0.15) is 18.1 Å². The molecule has 0 aliphatic heterocycles. The van der Waals surface area contributed by atoms with Crippen LogP contribution < -0.4 is 4.74 Å². The lowest BCUT2D eigenvalue weighted by atomic mass is 10.1. The number of hydrogen-bond donors (Lipinski definition) is 0. The van der Waals surface area contributed by atoms with Crippen molar-refractivity contribution in [3.8, 4) is 5.75 Å². The summed E-state index contributed by atoms with van der Waals surface area (Å²) in [6.07, 6.45) is -0.683. The van der Waals surface area contributed by atoms with Crippen molar-refractivity contribution in [1.82, 2.24) is 0 Å². The Bertz CT molecular complexity index is 331. The number of carbonyl (C=O) groups is 1. The zero-order valence-corrected chi connectivity index (χ0v) is 8.59. The molecule has 0 saturated heterocycles. The Kier molecular flexibility index (Phi) is 3.51. The van der Waals surface area contributed by atoms with Crippen molar-refractivity contribution in [3.63, 3.8) is 0 Å². The summed E-state index contributed by atoms with van der Waals surface area (Å²) in [7, 11) is 0. The third-order valence-electron chi connectivity index (χ3n) is 1.93. The van der Waals surface area contributed by atoms with Gasteiger partial charge in [-0.1, -0.05) is 12.1 Å². The molecule has 0 bridgehead atoms. The topological polar surface area (TPSA) is 35.5 Å². The maximum Gasteiger partial charge on any atom is 0.513 e. The van der Waals surface area contributed by atoms with Crippen molar-refractivity contribution < 1.29 is 14.3 Å². The van der Waals surface area contributed by atoms with E-state index in [1.54, 1.807) is 13.0 Å². The quantitative estimate of drug-likeness (QED) is 0.535. The first kappa shape index (κ1) is 10.6. The van der Waals surface area contributed by atoms with Crippen molar-refractivity contribution >= 4 is 6.16 Å². The van der Waals surface area contributed by atoms with Crippen molar-refractivity contribution in [1.29, 1.82) is 0 Å². The highest BCUT2D eigenvalue weighted by Gasteiger charge is 2.08. The third kappa shape index (κ3) is 2.49. The summed E-state index contributed by atoms with van der Waals surface area (Å²) < 4.78 is 9.61. The van der Waals surface area contributed by atoms with Crippen molar-refractivity contribution in [2.75, 3.05) is 6.61 Å². The van der Waals surface area contributed by atoms with Crippen LogP contribution in [0.3, 0.4) is 0 Å². The van der Waals surface area contributed by atoms with Crippen LogP contribution in [0.5, 0.6) is 5.75 Å². The molecule has 0 saturated carbocycles. The van der Waals surface area contributed by atoms with E-state index in [1.807, 2.05) is 19.9 Å². The second-order valence-corrected chi connectivity index (χ2v) is 2.90. The van der Waals surface area contributed by atoms with E-state index >= 15 is 0 Å². The molecule has 0 heterocycles. The van der Waals surface area contributed by atoms with E-state index in [-0.39, 0.29) is 0 Å². The molecule has 14 heavy (non-hydrogen) atoms. The van der Waals surface area contributed by atoms with Crippen LogP contribution in [0, 0.1) is 19.9 Å². The molecule has 0 aliphatic carbocycles. The lowest BCUT2D eigenvalue weighted by Gasteiger charge is -2.07. The van der Waals surface area contributed by atoms with E-state index in [4.69, 9.17) is 4.74 Å². The van der Waals surface area contributed by atoms with Gasteiger partial charge in [-0.05, 0) is 31.9 Å². The van der Waals surface area contributed by atoms with Gasteiger partial charge in [0.15, 0.2) is 0 Å². The Hall–Kier alpha value is -1.51. The molecule has 0 N–H and O–H groups in total. The van der Waals surface area contributed by atoms with Crippen LogP contribution in [-0.2, 0) is 4.74 Å². The standard InChI is InChI=1S/C11H13O3/c1-4-13-11(12)14-10-7-5-6-8(2)9(10)3/h5-6H,4H2,1-3H3. The summed E-state index contributed by atoms with van der Waals surface area (Å²) in [5, 5.41) is 0. The molecule has 0 aromatic heterocycles. The van der Waals surface area contributed by atoms with Gasteiger partial charge in [-0.25, -0.2) is 4.79 Å². The fraction of sp³-hybridized carbons (Fsp3) is 0.364. The zero-order chi connectivity index (χ0) is 10.6. The van der Waals surface area contributed by atoms with E-state index in [2.05, 4.69) is 10.8 Å². The Labute approximate surface area is 83.6 Å². The molecule has 1 aromatic rings. The van der Waals surface area contributed by atoms with Crippen LogP contribution in [0.2, 0.25) is 0 Å². The number of rotatable bonds is 2. The number of hydrogen-bond acceptors (Lipinski definition) is 3. The first-order valence-electron chi connectivity index (χ1n) is 4.47. The van der Waals surface area contributed by atoms with Crippen molar-refractivity contribution in [2.24, 2.45) is 0 Å². The molecular weight excluding hydrogens is 180 g/mol. The fourth-order valence-electron chi connectivity index (χ4n) is 0.991. The summed E-state index contributed by atoms with van der Waals surface area (Å²) >= 11 is 0. The molecular formula is C11H13O3. The van der Waals surface area contributed by atoms with Gasteiger partial charge in [0.25, 0.3) is 0 Å². The Morgan fingerprint density at radius 2 is 2.21 bits per heavy atom. The van der Waals surface area contributed by atoms with Crippen LogP contribution >= 0.6 is 0 Å². The molecule has 0 spiro atoms. The van der Waals surface area contributed by atoms with Gasteiger partial charge < -0.3 is 9.47 Å². The molecule has 1 radical (unpaired) electrons. The van der Waals surface area contributed by atoms with Gasteiger partial charge in [0.05, 0.1) is 6.61 Å². The largest absolute Gasteiger partial charge is 0.513 e. The Morgan fingerprint density at radius 1 is 1.50 bits per heavy atom. The maximum absolute atomic E-state index is 11.0. The second-order valence-electron chi connectivity index (χ2n) is 2.90. The average molecular weight is 193 g/mol. The third-order valence-corrected chi connectivity index (χ3v) is 1.93. The number of aryl methyl sites for hydroxylation is 1. The predicted molar refractivity (Wildman–Crippen MR) is 52.4 cm³/mol. The van der Waals surface area contributed by atoms with Crippen LogP contribution in [0.4, 0.5) is 4.79 Å². The molecule has 3 heteroatoms. The van der Waals surface area contributed by atoms with Gasteiger partial charge in [-0.2, -0.15) is 0 Å². The summed E-state index contributed by atoms with van der Waals surface area (Å²) in [5.41, 5.74) is 1.96. The highest BCUT2D eigenvalue weighted by atomic mass is 16.7. The lowest BCUT2D eigenvalue weighted by Crippen LogP contribution is -2.11. The number of carbonyl (C=O) groups excluding carboxylic acids is 1. The minimum Gasteiger partial charge on any atom is -0.434 e. The Balaban J connectivity index is 2.76. The summed E-state index contributed by atoms with van der Waals surface area (Å²) in [4.78, 5) is 11.0. The Morgan fingerprint density at radius 3 is 2.86 bits per heavy atom. The maximum atomic E-state index is 11.0. The monoisotopic (exact) mass is 193 g/mol. The fourth-order valence-corrected chi connectivity index (χ4v) is 0.991. The zero-order valence-electron chi connectivity index (χ0n) is 8.59. The molecule has 1 rings (SSSR count). The number of ether oxygens (including phenoxy) is 2. The minimum absolute atomic E-state index is 0.309. The highest BCUT2D eigenvalue weighted by Crippen LogP contribution is 2.20. The summed E-state index contributed by atoms with van der Waals surface area (Å²) in [6, 6.07) is 6.47. The molecule has 75 valence electrons. The van der Waals surface area contributed by atoms with Gasteiger partial charge in [-0.15, -0.1) is 0 Å². The molecule has 3 nitrogen and oxygen atoms in total. The van der Waals surface area contributed by atoms with Gasteiger partial charge in [-0.3, -0.25) is 0 Å². The molecule has 0 aliphatic rings. The van der Waals surface area contributed by atoms with Crippen LogP contribution in [-0.4, -0.2) is 12.8 Å². The van der Waals surface area contributed by atoms with Crippen LogP contribution in [0.25, 0.3) is 0 Å². The summed E-state index contributed by atoms with van der Waals surface area (Å²) in [6.45, 7) is 5.86. The SMILES string of the molecule is CCOC(=O)Oc1[c]ccc(C)c1C. The van der Waals surface area contributed by atoms with E-state index in [9.17, 15) is 4.79 Å². The average Bonchev–Trinajstić information content (AvgIpc) is 2.13. The highest BCUT2D eigenvalue weighted by molar-refractivity contribution is 5.64. The van der Waals surface area contributed by atoms with Crippen LogP contribution in [0.15, 0.2) is 12.1 Å². The molecule has 0 atom stereocenters. The first-order valence-corrected chi connectivity index (χ1v) is 4.47. The minimum atomic E-state index is -0.683. The van der Waals surface area contributed by atoms with E-state index in [0.29, 0.717) is 12.4 Å². The second kappa shape index (κ2) is 4.65. The van der Waals surface area contributed by atoms with Gasteiger partial charge in [0.1, 0.15) is 5.75 Å². The van der Waals surface area contributed by atoms with Gasteiger partial charge in [0, 0.05) is 6.07 Å². The van der Waals surface area contributed by atoms with Gasteiger partial charge in [0.2, 0.25) is 0 Å². The molecule has 1 aromatic carbocycles. The predicted octanol–water partition coefficient (Wildman–Crippen LogP) is 2.64. The van der Waals surface area contributed by atoms with Gasteiger partial charge >= 0.3 is 6.16 Å². The van der Waals surface area contributed by atoms with E-state index in [0.717, 1.165) is 11.1 Å². The first-order chi connectivity index (χ1) is 6.65.